The number of hydrogen-bond acceptors (Lipinski definition) is 3. The zero-order valence-electron chi connectivity index (χ0n) is 21.7. The van der Waals surface area contributed by atoms with Crippen LogP contribution in [0.4, 0.5) is 19.3 Å². The lowest BCUT2D eigenvalue weighted by Crippen LogP contribution is -2.39. The molecule has 1 aliphatic heterocycles. The number of fused-ring (bicyclic) bond motifs is 3. The Hall–Kier alpha value is -3.78. The summed E-state index contributed by atoms with van der Waals surface area (Å²) in [7, 11) is 0. The second-order valence-corrected chi connectivity index (χ2v) is 10.4. The number of nitrogens with two attached hydrogens (primary N) is 1. The van der Waals surface area contributed by atoms with Gasteiger partial charge in [-0.05, 0) is 75.9 Å². The van der Waals surface area contributed by atoms with Gasteiger partial charge < -0.3 is 15.6 Å². The molecule has 0 bridgehead atoms. The van der Waals surface area contributed by atoms with Crippen molar-refractivity contribution in [2.24, 2.45) is 5.73 Å². The van der Waals surface area contributed by atoms with Crippen molar-refractivity contribution in [2.45, 2.75) is 59.8 Å². The number of carbonyl (C=O) groups excluding carboxylic acids is 1. The van der Waals surface area contributed by atoms with E-state index in [0.29, 0.717) is 33.4 Å². The van der Waals surface area contributed by atoms with E-state index in [4.69, 9.17) is 10.5 Å². The maximum atomic E-state index is 15.3. The number of rotatable bonds is 4. The van der Waals surface area contributed by atoms with Gasteiger partial charge in [-0.1, -0.05) is 29.8 Å². The fraction of sp³-hybridized carbons (Fsp3) is 0.310. The third kappa shape index (κ3) is 4.57. The number of anilines is 1. The monoisotopic (exact) mass is 508 g/mol. The Morgan fingerprint density at radius 3 is 2.08 bits per heavy atom. The summed E-state index contributed by atoms with van der Waals surface area (Å²) >= 11 is 0. The molecule has 0 aliphatic carbocycles. The standard InChI is InChI=1S/C29H30F2N2O4/c1-14-7-9-17(10-8-14)21-15(2)22-24-18(19(30)11-12-20(24)31)13-33(28(32)36)25(22)16(3)23(21)26(27(34)35)37-29(4,5)6/h7-12,26H,13H2,1-6H3,(H2,32,36)(H,34,35). The summed E-state index contributed by atoms with van der Waals surface area (Å²) in [5, 5.41) is 10.3. The molecule has 3 aromatic rings. The molecule has 8 heteroatoms. The number of urea groups is 1. The van der Waals surface area contributed by atoms with Gasteiger partial charge in [0.2, 0.25) is 0 Å². The molecule has 37 heavy (non-hydrogen) atoms. The third-order valence-corrected chi connectivity index (χ3v) is 6.62. The quantitative estimate of drug-likeness (QED) is 0.417. The van der Waals surface area contributed by atoms with E-state index in [-0.39, 0.29) is 23.4 Å². The predicted octanol–water partition coefficient (Wildman–Crippen LogP) is 6.56. The summed E-state index contributed by atoms with van der Waals surface area (Å²) in [5.41, 5.74) is 8.90. The van der Waals surface area contributed by atoms with Crippen molar-refractivity contribution in [3.63, 3.8) is 0 Å². The largest absolute Gasteiger partial charge is 0.479 e. The van der Waals surface area contributed by atoms with Gasteiger partial charge in [0.05, 0.1) is 17.8 Å². The number of amides is 2. The van der Waals surface area contributed by atoms with Crippen LogP contribution in [-0.2, 0) is 16.1 Å². The molecule has 1 heterocycles. The number of hydrogen-bond donors (Lipinski definition) is 2. The van der Waals surface area contributed by atoms with E-state index in [9.17, 15) is 19.1 Å². The molecule has 0 aromatic heterocycles. The van der Waals surface area contributed by atoms with Crippen LogP contribution in [0.15, 0.2) is 36.4 Å². The van der Waals surface area contributed by atoms with Crippen molar-refractivity contribution < 1.29 is 28.2 Å². The molecule has 1 atom stereocenters. The minimum Gasteiger partial charge on any atom is -0.479 e. The van der Waals surface area contributed by atoms with Crippen LogP contribution < -0.4 is 10.6 Å². The maximum Gasteiger partial charge on any atom is 0.337 e. The lowest BCUT2D eigenvalue weighted by Gasteiger charge is -2.37. The van der Waals surface area contributed by atoms with Crippen LogP contribution in [0.3, 0.4) is 0 Å². The predicted molar refractivity (Wildman–Crippen MR) is 138 cm³/mol. The first-order valence-electron chi connectivity index (χ1n) is 11.9. The van der Waals surface area contributed by atoms with Gasteiger partial charge >= 0.3 is 12.0 Å². The molecule has 0 saturated carbocycles. The van der Waals surface area contributed by atoms with Crippen molar-refractivity contribution in [2.75, 3.05) is 4.90 Å². The molecule has 3 aromatic carbocycles. The Kier molecular flexibility index (Phi) is 6.58. The average Bonchev–Trinajstić information content (AvgIpc) is 2.81. The number of ether oxygens (including phenoxy) is 1. The van der Waals surface area contributed by atoms with Crippen molar-refractivity contribution in [1.29, 1.82) is 0 Å². The molecular formula is C29H30F2N2O4. The van der Waals surface area contributed by atoms with Crippen molar-refractivity contribution in [1.82, 2.24) is 0 Å². The van der Waals surface area contributed by atoms with E-state index in [2.05, 4.69) is 0 Å². The Morgan fingerprint density at radius 1 is 0.946 bits per heavy atom. The molecule has 0 radical (unpaired) electrons. The molecule has 1 unspecified atom stereocenters. The van der Waals surface area contributed by atoms with Gasteiger partial charge in [0.15, 0.2) is 6.10 Å². The number of aryl methyl sites for hydroxylation is 1. The van der Waals surface area contributed by atoms with Gasteiger partial charge in [0, 0.05) is 22.3 Å². The van der Waals surface area contributed by atoms with E-state index in [0.717, 1.165) is 17.7 Å². The number of carboxylic acid groups (broad SMARTS) is 1. The van der Waals surface area contributed by atoms with Crippen molar-refractivity contribution in [3.05, 3.63) is 75.8 Å². The normalized spacial score (nSPS) is 13.7. The van der Waals surface area contributed by atoms with Gasteiger partial charge in [-0.15, -0.1) is 0 Å². The fourth-order valence-corrected chi connectivity index (χ4v) is 5.10. The van der Waals surface area contributed by atoms with Crippen LogP contribution in [0.1, 0.15) is 54.7 Å². The Morgan fingerprint density at radius 2 is 1.54 bits per heavy atom. The summed E-state index contributed by atoms with van der Waals surface area (Å²) in [4.78, 5) is 26.4. The van der Waals surface area contributed by atoms with Crippen LogP contribution in [0.2, 0.25) is 0 Å². The zero-order valence-corrected chi connectivity index (χ0v) is 21.7. The van der Waals surface area contributed by atoms with Crippen LogP contribution in [-0.4, -0.2) is 22.7 Å². The van der Waals surface area contributed by atoms with Gasteiger partial charge in [-0.25, -0.2) is 18.4 Å². The van der Waals surface area contributed by atoms with E-state index in [1.165, 1.54) is 4.90 Å². The van der Waals surface area contributed by atoms with Crippen LogP contribution in [0.5, 0.6) is 0 Å². The van der Waals surface area contributed by atoms with Gasteiger partial charge in [-0.2, -0.15) is 0 Å². The molecule has 0 saturated heterocycles. The first-order chi connectivity index (χ1) is 17.2. The Bertz CT molecular complexity index is 1430. The highest BCUT2D eigenvalue weighted by Crippen LogP contribution is 2.51. The number of primary amides is 1. The number of aliphatic carboxylic acids is 1. The molecule has 6 nitrogen and oxygen atoms in total. The topological polar surface area (TPSA) is 92.9 Å². The number of nitrogens with zero attached hydrogens (tertiary/aromatic N) is 1. The van der Waals surface area contributed by atoms with Gasteiger partial charge in [0.1, 0.15) is 11.6 Å². The van der Waals surface area contributed by atoms with E-state index in [1.807, 2.05) is 31.2 Å². The molecule has 3 N–H and O–H groups in total. The van der Waals surface area contributed by atoms with Crippen molar-refractivity contribution >= 4 is 17.7 Å². The highest BCUT2D eigenvalue weighted by atomic mass is 19.1. The SMILES string of the molecule is Cc1ccc(-c2c(C)c3c(c(C)c2C(OC(C)(C)C)C(=O)O)N(C(N)=O)Cc2c(F)ccc(F)c2-3)cc1. The Labute approximate surface area is 214 Å². The fourth-order valence-electron chi connectivity index (χ4n) is 5.10. The van der Waals surface area contributed by atoms with Gasteiger partial charge in [0.25, 0.3) is 0 Å². The second-order valence-electron chi connectivity index (χ2n) is 10.4. The summed E-state index contributed by atoms with van der Waals surface area (Å²) in [6, 6.07) is 8.68. The third-order valence-electron chi connectivity index (χ3n) is 6.62. The molecule has 0 fully saturated rings. The second kappa shape index (κ2) is 9.27. The van der Waals surface area contributed by atoms with Crippen LogP contribution in [0.25, 0.3) is 22.3 Å². The zero-order chi connectivity index (χ0) is 27.4. The summed E-state index contributed by atoms with van der Waals surface area (Å²) in [6.07, 6.45) is -1.41. The van der Waals surface area contributed by atoms with E-state index in [1.54, 1.807) is 34.6 Å². The first kappa shape index (κ1) is 26.3. The maximum absolute atomic E-state index is 15.3. The number of benzene rings is 3. The van der Waals surface area contributed by atoms with Crippen LogP contribution >= 0.6 is 0 Å². The highest BCUT2D eigenvalue weighted by molar-refractivity contribution is 6.04. The highest BCUT2D eigenvalue weighted by Gasteiger charge is 2.39. The molecule has 194 valence electrons. The minimum atomic E-state index is -1.41. The van der Waals surface area contributed by atoms with Gasteiger partial charge in [-0.3, -0.25) is 4.90 Å². The number of carboxylic acids is 1. The average molecular weight is 509 g/mol. The minimum absolute atomic E-state index is 0.0112. The lowest BCUT2D eigenvalue weighted by atomic mass is 9.79. The Balaban J connectivity index is 2.22. The smallest absolute Gasteiger partial charge is 0.337 e. The molecular weight excluding hydrogens is 478 g/mol. The van der Waals surface area contributed by atoms with E-state index < -0.39 is 35.3 Å². The molecule has 1 aliphatic rings. The summed E-state index contributed by atoms with van der Waals surface area (Å²) < 4.78 is 36.3. The summed E-state index contributed by atoms with van der Waals surface area (Å²) in [6.45, 7) is 10.3. The molecule has 0 spiro atoms. The molecule has 4 rings (SSSR count). The number of carbonyl (C=O) groups is 2. The van der Waals surface area contributed by atoms with E-state index >= 15 is 4.39 Å². The van der Waals surface area contributed by atoms with Crippen molar-refractivity contribution in [3.8, 4) is 22.3 Å². The number of halogens is 2. The summed E-state index contributed by atoms with van der Waals surface area (Å²) in [5.74, 6) is -2.52. The lowest BCUT2D eigenvalue weighted by molar-refractivity contribution is -0.160. The van der Waals surface area contributed by atoms with Crippen LogP contribution in [0, 0.1) is 32.4 Å². The first-order valence-corrected chi connectivity index (χ1v) is 11.9. The molecule has 2 amide bonds.